The van der Waals surface area contributed by atoms with Crippen LogP contribution < -0.4 is 10.1 Å². The summed E-state index contributed by atoms with van der Waals surface area (Å²) in [6.45, 7) is 8.42. The minimum absolute atomic E-state index is 0.00977. The first-order chi connectivity index (χ1) is 9.38. The molecule has 0 aliphatic carbocycles. The van der Waals surface area contributed by atoms with E-state index in [1.165, 1.54) is 0 Å². The van der Waals surface area contributed by atoms with Crippen LogP contribution in [0, 0.1) is 0 Å². The average Bonchev–Trinajstić information content (AvgIpc) is 2.79. The van der Waals surface area contributed by atoms with Crippen molar-refractivity contribution in [3.05, 3.63) is 35.9 Å². The molecule has 1 aliphatic heterocycles. The van der Waals surface area contributed by atoms with Gasteiger partial charge in [0, 0.05) is 0 Å². The summed E-state index contributed by atoms with van der Waals surface area (Å²) in [5.41, 5.74) is 1.52. The smallest absolute Gasteiger partial charge is 0.206 e. The molecule has 3 nitrogen and oxygen atoms in total. The molecule has 0 radical (unpaired) electrons. The normalized spacial score (nSPS) is 18.0. The fourth-order valence-corrected chi connectivity index (χ4v) is 3.35. The van der Waals surface area contributed by atoms with Crippen molar-refractivity contribution in [1.82, 2.24) is 0 Å². The van der Waals surface area contributed by atoms with Gasteiger partial charge in [-0.05, 0) is 25.1 Å². The fourth-order valence-electron chi connectivity index (χ4n) is 2.36. The minimum Gasteiger partial charge on any atom is -0.482 e. The second kappa shape index (κ2) is 4.35. The van der Waals surface area contributed by atoms with Gasteiger partial charge in [-0.15, -0.1) is 0 Å². The van der Waals surface area contributed by atoms with E-state index in [2.05, 4.69) is 19.6 Å². The lowest BCUT2D eigenvalue weighted by molar-refractivity contribution is 0.0824. The maximum absolute atomic E-state index is 12.5. The molecule has 2 heterocycles. The van der Waals surface area contributed by atoms with Crippen molar-refractivity contribution < 1.29 is 13.9 Å². The summed E-state index contributed by atoms with van der Waals surface area (Å²) < 4.78 is 11.8. The number of carbonyl (C=O) groups is 1. The first kappa shape index (κ1) is 13.2. The molecular formula is C16H18O3Si. The predicted molar refractivity (Wildman–Crippen MR) is 81.5 cm³/mol. The van der Waals surface area contributed by atoms with Gasteiger partial charge in [0.25, 0.3) is 0 Å². The lowest BCUT2D eigenvalue weighted by Crippen LogP contribution is -2.36. The molecule has 1 aliphatic rings. The van der Waals surface area contributed by atoms with Crippen molar-refractivity contribution in [2.45, 2.75) is 32.7 Å². The maximum Gasteiger partial charge on any atom is 0.206 e. The molecule has 1 aromatic carbocycles. The van der Waals surface area contributed by atoms with Crippen molar-refractivity contribution >= 4 is 19.2 Å². The third-order valence-electron chi connectivity index (χ3n) is 3.54. The highest BCUT2D eigenvalue weighted by molar-refractivity contribution is 6.87. The van der Waals surface area contributed by atoms with Crippen molar-refractivity contribution in [3.8, 4) is 17.1 Å². The largest absolute Gasteiger partial charge is 0.482 e. The van der Waals surface area contributed by atoms with E-state index in [4.69, 9.17) is 9.15 Å². The first-order valence-electron chi connectivity index (χ1n) is 6.82. The zero-order chi connectivity index (χ0) is 14.5. The van der Waals surface area contributed by atoms with Gasteiger partial charge in [-0.2, -0.15) is 0 Å². The number of ketones is 1. The number of Topliss-reactive ketones (excluding diaryl/α,β-unsaturated/α-hetero) is 1. The number of hydrogen-bond donors (Lipinski definition) is 0. The van der Waals surface area contributed by atoms with Crippen LogP contribution in [0.1, 0.15) is 17.3 Å². The molecule has 2 aromatic rings. The van der Waals surface area contributed by atoms with E-state index in [9.17, 15) is 4.79 Å². The van der Waals surface area contributed by atoms with Gasteiger partial charge in [-0.25, -0.2) is 0 Å². The Kier molecular flexibility index (Phi) is 2.87. The number of hydrogen-bond acceptors (Lipinski definition) is 3. The standard InChI is InChI=1S/C16H18O3Si/c1-10-15(17)12-9-14(20(2,3)4)19-16(12)11-7-5-6-8-13(11)18-10/h5-10H,1-4H3. The number of benzene rings is 1. The van der Waals surface area contributed by atoms with E-state index in [0.717, 1.165) is 10.9 Å². The summed E-state index contributed by atoms with van der Waals surface area (Å²) in [5.74, 6) is 1.36. The molecule has 0 bridgehead atoms. The second-order valence-electron chi connectivity index (χ2n) is 6.22. The molecule has 1 aromatic heterocycles. The monoisotopic (exact) mass is 286 g/mol. The van der Waals surface area contributed by atoms with Gasteiger partial charge in [-0.1, -0.05) is 31.8 Å². The van der Waals surface area contributed by atoms with Gasteiger partial charge in [0.1, 0.15) is 19.6 Å². The molecule has 1 unspecified atom stereocenters. The van der Waals surface area contributed by atoms with Gasteiger partial charge in [-0.3, -0.25) is 4.79 Å². The topological polar surface area (TPSA) is 39.4 Å². The first-order valence-corrected chi connectivity index (χ1v) is 10.3. The van der Waals surface area contributed by atoms with E-state index in [-0.39, 0.29) is 5.78 Å². The van der Waals surface area contributed by atoms with E-state index in [1.54, 1.807) is 6.92 Å². The Morgan fingerprint density at radius 3 is 2.50 bits per heavy atom. The highest BCUT2D eigenvalue weighted by Gasteiger charge is 2.33. The van der Waals surface area contributed by atoms with Crippen LogP contribution in [0.4, 0.5) is 0 Å². The molecule has 104 valence electrons. The van der Waals surface area contributed by atoms with Crippen molar-refractivity contribution in [2.24, 2.45) is 0 Å². The number of furan rings is 1. The second-order valence-corrected chi connectivity index (χ2v) is 11.2. The van der Waals surface area contributed by atoms with Gasteiger partial charge in [0.05, 0.1) is 16.5 Å². The van der Waals surface area contributed by atoms with E-state index < -0.39 is 14.2 Å². The van der Waals surface area contributed by atoms with Gasteiger partial charge < -0.3 is 9.15 Å². The maximum atomic E-state index is 12.5. The van der Waals surface area contributed by atoms with E-state index >= 15 is 0 Å². The van der Waals surface area contributed by atoms with Gasteiger partial charge in [0.15, 0.2) is 6.10 Å². The quantitative estimate of drug-likeness (QED) is 0.754. The molecule has 0 N–H and O–H groups in total. The number of fused-ring (bicyclic) bond motifs is 3. The molecule has 4 heteroatoms. The highest BCUT2D eigenvalue weighted by Crippen LogP contribution is 2.37. The van der Waals surface area contributed by atoms with Crippen molar-refractivity contribution in [2.75, 3.05) is 0 Å². The molecule has 0 fully saturated rings. The molecule has 1 atom stereocenters. The SMILES string of the molecule is CC1Oc2ccccc2-c2oc([Si](C)(C)C)cc2C1=O. The summed E-state index contributed by atoms with van der Waals surface area (Å²) in [6, 6.07) is 9.58. The zero-order valence-corrected chi connectivity index (χ0v) is 13.2. The lowest BCUT2D eigenvalue weighted by Gasteiger charge is -2.13. The number of carbonyl (C=O) groups excluding carboxylic acids is 1. The van der Waals surface area contributed by atoms with Crippen LogP contribution in [-0.2, 0) is 0 Å². The molecule has 0 saturated carbocycles. The Hall–Kier alpha value is -1.81. The van der Waals surface area contributed by atoms with Gasteiger partial charge >= 0.3 is 0 Å². The average molecular weight is 286 g/mol. The summed E-state index contributed by atoms with van der Waals surface area (Å²) >= 11 is 0. The number of rotatable bonds is 1. The Bertz CT molecular complexity index is 679. The Morgan fingerprint density at radius 2 is 1.80 bits per heavy atom. The summed E-state index contributed by atoms with van der Waals surface area (Å²) in [5, 5.41) is 0.958. The Labute approximate surface area is 119 Å². The van der Waals surface area contributed by atoms with Crippen LogP contribution in [0.15, 0.2) is 34.7 Å². The highest BCUT2D eigenvalue weighted by atomic mass is 28.3. The summed E-state index contributed by atoms with van der Waals surface area (Å²) in [4.78, 5) is 12.5. The van der Waals surface area contributed by atoms with Crippen molar-refractivity contribution in [3.63, 3.8) is 0 Å². The van der Waals surface area contributed by atoms with Crippen LogP contribution in [-0.4, -0.2) is 20.0 Å². The van der Waals surface area contributed by atoms with Crippen LogP contribution in [0.5, 0.6) is 5.75 Å². The predicted octanol–water partition coefficient (Wildman–Crippen LogP) is 3.46. The summed E-state index contributed by atoms with van der Waals surface area (Å²) in [6.07, 6.45) is -0.482. The number of para-hydroxylation sites is 1. The molecule has 3 rings (SSSR count). The van der Waals surface area contributed by atoms with Crippen LogP contribution in [0.3, 0.4) is 0 Å². The molecule has 20 heavy (non-hydrogen) atoms. The molecule has 0 amide bonds. The third kappa shape index (κ3) is 2.00. The van der Waals surface area contributed by atoms with Crippen LogP contribution in [0.2, 0.25) is 19.6 Å². The van der Waals surface area contributed by atoms with Crippen LogP contribution >= 0.6 is 0 Å². The Balaban J connectivity index is 2.27. The van der Waals surface area contributed by atoms with E-state index in [1.807, 2.05) is 30.3 Å². The molecular weight excluding hydrogens is 268 g/mol. The lowest BCUT2D eigenvalue weighted by atomic mass is 10.0. The minimum atomic E-state index is -1.60. The molecule has 0 spiro atoms. The fraction of sp³-hybridized carbons (Fsp3) is 0.312. The van der Waals surface area contributed by atoms with E-state index in [0.29, 0.717) is 17.1 Å². The summed E-state index contributed by atoms with van der Waals surface area (Å²) in [7, 11) is -1.60. The van der Waals surface area contributed by atoms with Crippen LogP contribution in [0.25, 0.3) is 11.3 Å². The Morgan fingerprint density at radius 1 is 1.10 bits per heavy atom. The molecule has 0 saturated heterocycles. The number of ether oxygens (including phenoxy) is 1. The zero-order valence-electron chi connectivity index (χ0n) is 12.2. The van der Waals surface area contributed by atoms with Crippen molar-refractivity contribution in [1.29, 1.82) is 0 Å². The third-order valence-corrected chi connectivity index (χ3v) is 5.27. The van der Waals surface area contributed by atoms with Gasteiger partial charge in [0.2, 0.25) is 5.78 Å².